The van der Waals surface area contributed by atoms with E-state index >= 15 is 0 Å². The van der Waals surface area contributed by atoms with Crippen LogP contribution in [0.5, 0.6) is 5.75 Å². The molecule has 2 saturated heterocycles. The smallest absolute Gasteiger partial charge is 0.543 e. The minimum atomic E-state index is -4.75. The Labute approximate surface area is 306 Å². The van der Waals surface area contributed by atoms with Crippen LogP contribution in [0.1, 0.15) is 56.6 Å². The molecule has 4 saturated carbocycles. The van der Waals surface area contributed by atoms with E-state index in [-0.39, 0.29) is 64.2 Å². The third-order valence-corrected chi connectivity index (χ3v) is 11.1. The number of carboxylic acid groups (broad SMARTS) is 1. The van der Waals surface area contributed by atoms with Gasteiger partial charge in [-0.15, -0.1) is 11.6 Å². The van der Waals surface area contributed by atoms with Crippen LogP contribution in [0.15, 0.2) is 18.2 Å². The minimum Gasteiger partial charge on any atom is -0.543 e. The number of benzene rings is 1. The van der Waals surface area contributed by atoms with Gasteiger partial charge in [0.2, 0.25) is 5.91 Å². The Bertz CT molecular complexity index is 1420. The van der Waals surface area contributed by atoms with Crippen LogP contribution in [-0.2, 0) is 34.6 Å². The molecule has 4 bridgehead atoms. The number of alkyl halides is 4. The SMILES string of the molecule is CC(=O)N[C@@H]1[C@@H](O)C[C@@](Oc2cc(C3(OCC(F)(F)F)OOC34C3CC5CC4CC(Cl)(C5)C3)ccc2C)(C(=O)[O-])O[C@H]1C(O)C(O)CO.[Na+]. The second-order valence-corrected chi connectivity index (χ2v) is 14.7. The van der Waals surface area contributed by atoms with Crippen molar-refractivity contribution in [2.45, 2.75) is 111 Å². The Morgan fingerprint density at radius 3 is 2.31 bits per heavy atom. The fourth-order valence-corrected chi connectivity index (χ4v) is 9.34. The third kappa shape index (κ3) is 6.63. The van der Waals surface area contributed by atoms with Crippen molar-refractivity contribution in [2.24, 2.45) is 17.8 Å². The summed E-state index contributed by atoms with van der Waals surface area (Å²) >= 11 is 6.94. The van der Waals surface area contributed by atoms with Gasteiger partial charge in [-0.05, 0) is 68.4 Å². The third-order valence-electron chi connectivity index (χ3n) is 10.6. The van der Waals surface area contributed by atoms with Gasteiger partial charge in [-0.3, -0.25) is 4.79 Å². The maximum Gasteiger partial charge on any atom is 1.00 e. The fourth-order valence-electron chi connectivity index (χ4n) is 8.75. The average Bonchev–Trinajstić information content (AvgIpc) is 2.97. The van der Waals surface area contributed by atoms with E-state index in [0.717, 1.165) is 13.3 Å². The molecule has 1 aromatic rings. The molecular weight excluding hydrogens is 694 g/mol. The van der Waals surface area contributed by atoms with E-state index in [2.05, 4.69) is 5.32 Å². The molecule has 0 radical (unpaired) electrons. The van der Waals surface area contributed by atoms with Crippen molar-refractivity contribution in [1.82, 2.24) is 5.32 Å². The number of aliphatic hydroxyl groups excluding tert-OH is 4. The van der Waals surface area contributed by atoms with Crippen molar-refractivity contribution >= 4 is 23.5 Å². The van der Waals surface area contributed by atoms with Gasteiger partial charge in [-0.1, -0.05) is 12.1 Å². The van der Waals surface area contributed by atoms with Crippen LogP contribution in [0.2, 0.25) is 0 Å². The molecule has 4 aliphatic carbocycles. The van der Waals surface area contributed by atoms with Crippen molar-refractivity contribution < 1.29 is 102 Å². The summed E-state index contributed by atoms with van der Waals surface area (Å²) in [7, 11) is 0. The number of rotatable bonds is 10. The molecule has 5 N–H and O–H groups in total. The van der Waals surface area contributed by atoms with E-state index in [1.54, 1.807) is 0 Å². The number of carbonyl (C=O) groups is 2. The molecule has 9 atom stereocenters. The first-order valence-corrected chi connectivity index (χ1v) is 16.1. The molecule has 5 unspecified atom stereocenters. The van der Waals surface area contributed by atoms with Gasteiger partial charge in [0.25, 0.3) is 11.6 Å². The van der Waals surface area contributed by atoms with Gasteiger partial charge >= 0.3 is 35.7 Å². The topological polar surface area (TPSA) is 196 Å². The Balaban J connectivity index is 0.00000468. The molecule has 18 heteroatoms. The largest absolute Gasteiger partial charge is 1.00 e. The second-order valence-electron chi connectivity index (χ2n) is 13.9. The summed E-state index contributed by atoms with van der Waals surface area (Å²) in [6.07, 6.45) is -10.1. The number of halogens is 4. The van der Waals surface area contributed by atoms with Gasteiger partial charge in [-0.2, -0.15) is 18.1 Å². The number of carbonyl (C=O) groups excluding carboxylic acids is 2. The molecule has 6 fully saturated rings. The predicted octanol–water partition coefficient (Wildman–Crippen LogP) is -2.56. The molecule has 6 aliphatic rings. The monoisotopic (exact) mass is 731 g/mol. The quantitative estimate of drug-likeness (QED) is 0.0962. The van der Waals surface area contributed by atoms with Crippen molar-refractivity contribution in [3.63, 3.8) is 0 Å². The summed E-state index contributed by atoms with van der Waals surface area (Å²) in [6, 6.07) is 2.70. The summed E-state index contributed by atoms with van der Waals surface area (Å²) in [5.74, 6) is -8.26. The summed E-state index contributed by atoms with van der Waals surface area (Å²) in [4.78, 5) is 35.5. The summed E-state index contributed by atoms with van der Waals surface area (Å²) in [6.45, 7) is -0.0638. The molecule has 7 rings (SSSR count). The van der Waals surface area contributed by atoms with E-state index in [4.69, 9.17) is 35.6 Å². The minimum absolute atomic E-state index is 0. The van der Waals surface area contributed by atoms with E-state index in [1.165, 1.54) is 25.1 Å². The van der Waals surface area contributed by atoms with Crippen LogP contribution < -0.4 is 44.7 Å². The van der Waals surface area contributed by atoms with Gasteiger partial charge in [0.15, 0.2) is 5.60 Å². The zero-order valence-electron chi connectivity index (χ0n) is 27.1. The van der Waals surface area contributed by atoms with Gasteiger partial charge < -0.3 is 49.9 Å². The summed E-state index contributed by atoms with van der Waals surface area (Å²) in [5.41, 5.74) is -1.04. The van der Waals surface area contributed by atoms with E-state index < -0.39 is 90.2 Å². The number of hydrogen-bond acceptors (Lipinski definition) is 12. The predicted molar refractivity (Wildman–Crippen MR) is 152 cm³/mol. The van der Waals surface area contributed by atoms with Crippen LogP contribution in [0.4, 0.5) is 13.2 Å². The number of carboxylic acids is 1. The Kier molecular flexibility index (Phi) is 10.8. The van der Waals surface area contributed by atoms with E-state index in [1.807, 2.05) is 0 Å². The number of nitrogens with one attached hydrogen (secondary N) is 1. The maximum atomic E-state index is 13.7. The van der Waals surface area contributed by atoms with Gasteiger partial charge in [0.05, 0.1) is 18.8 Å². The van der Waals surface area contributed by atoms with Crippen LogP contribution >= 0.6 is 11.6 Å². The maximum absolute atomic E-state index is 13.7. The number of aliphatic hydroxyl groups is 4. The molecule has 1 spiro atoms. The molecule has 2 heterocycles. The van der Waals surface area contributed by atoms with E-state index in [9.17, 15) is 48.3 Å². The van der Waals surface area contributed by atoms with Crippen molar-refractivity contribution in [3.8, 4) is 5.75 Å². The van der Waals surface area contributed by atoms with Crippen molar-refractivity contribution in [3.05, 3.63) is 29.3 Å². The number of amides is 1. The molecule has 1 amide bonds. The molecule has 13 nitrogen and oxygen atoms in total. The first kappa shape index (κ1) is 38.9. The van der Waals surface area contributed by atoms with Gasteiger partial charge in [-0.25, -0.2) is 4.89 Å². The Morgan fingerprint density at radius 2 is 1.80 bits per heavy atom. The van der Waals surface area contributed by atoms with Gasteiger partial charge in [0, 0.05) is 23.8 Å². The Hall–Kier alpha value is -1.28. The molecule has 2 aliphatic heterocycles. The number of aryl methyl sites for hydroxylation is 1. The van der Waals surface area contributed by atoms with Crippen LogP contribution in [-0.4, -0.2) is 98.4 Å². The fraction of sp³-hybridized carbons (Fsp3) is 0.742. The van der Waals surface area contributed by atoms with Crippen LogP contribution in [0.3, 0.4) is 0 Å². The molecule has 1 aromatic carbocycles. The van der Waals surface area contributed by atoms with Crippen LogP contribution in [0.25, 0.3) is 0 Å². The van der Waals surface area contributed by atoms with Crippen molar-refractivity contribution in [1.29, 1.82) is 0 Å². The van der Waals surface area contributed by atoms with Crippen molar-refractivity contribution in [2.75, 3.05) is 13.2 Å². The molecular formula is C31H38ClF3NNaO12. The summed E-state index contributed by atoms with van der Waals surface area (Å²) < 4.78 is 58.3. The average molecular weight is 732 g/mol. The zero-order chi connectivity index (χ0) is 35.0. The normalized spacial score (nSPS) is 40.6. The standard InChI is InChI=1S/C31H39ClF3NO12.Na/c1-14-3-4-17(31(44-13-29(33,34)35)30(47-48-31)18-5-16-6-19(30)10-27(32,8-16)9-18)7-22(14)45-28(26(42)43)11-20(39)23(36-15(2)38)25(46-28)24(41)21(40)12-37;/h3-4,7,16,18-21,23-25,37,39-41H,5-6,8-13H2,1-2H3,(H,36,38)(H,42,43);/q;+1/p-1/t16?,18?,19?,20-,21?,23+,24?,25+,27?,28-,30?,31?;/m0./s1. The van der Waals surface area contributed by atoms with E-state index in [0.29, 0.717) is 25.7 Å². The van der Waals surface area contributed by atoms with Crippen LogP contribution in [0, 0.1) is 24.7 Å². The van der Waals surface area contributed by atoms with Gasteiger partial charge in [0.1, 0.15) is 36.6 Å². The second kappa shape index (κ2) is 13.6. The number of ether oxygens (including phenoxy) is 3. The first-order valence-electron chi connectivity index (χ1n) is 15.8. The Morgan fingerprint density at radius 1 is 1.14 bits per heavy atom. The number of hydrogen-bond donors (Lipinski definition) is 5. The number of aliphatic carboxylic acids is 1. The molecule has 0 aromatic heterocycles. The zero-order valence-corrected chi connectivity index (χ0v) is 29.8. The first-order chi connectivity index (χ1) is 22.4. The molecule has 49 heavy (non-hydrogen) atoms. The molecule has 268 valence electrons. The summed E-state index contributed by atoms with van der Waals surface area (Å²) in [5, 5.41) is 56.4.